The van der Waals surface area contributed by atoms with Gasteiger partial charge in [0.05, 0.1) is 10.0 Å². The predicted octanol–water partition coefficient (Wildman–Crippen LogP) is 4.70. The normalized spacial score (nSPS) is 17.8. The van der Waals surface area contributed by atoms with Crippen LogP contribution in [-0.4, -0.2) is 12.1 Å². The molecule has 0 bridgehead atoms. The number of rotatable bonds is 4. The zero-order valence-electron chi connectivity index (χ0n) is 11.3. The van der Waals surface area contributed by atoms with Crippen LogP contribution in [0.25, 0.3) is 0 Å². The van der Waals surface area contributed by atoms with E-state index in [-0.39, 0.29) is 5.54 Å². The van der Waals surface area contributed by atoms with Gasteiger partial charge in [0.1, 0.15) is 0 Å². The van der Waals surface area contributed by atoms with Crippen molar-refractivity contribution in [3.8, 4) is 0 Å². The maximum absolute atomic E-state index is 6.07. The SMILES string of the molecule is CC(C)(C)NCC1(Cc2ccc(Cl)c(Cl)c2)CC1. The van der Waals surface area contributed by atoms with Crippen LogP contribution in [0.2, 0.25) is 10.0 Å². The van der Waals surface area contributed by atoms with Crippen molar-refractivity contribution in [2.75, 3.05) is 6.54 Å². The number of hydrogen-bond donors (Lipinski definition) is 1. The van der Waals surface area contributed by atoms with E-state index in [1.807, 2.05) is 12.1 Å². The highest BCUT2D eigenvalue weighted by Crippen LogP contribution is 2.48. The summed E-state index contributed by atoms with van der Waals surface area (Å²) in [7, 11) is 0. The summed E-state index contributed by atoms with van der Waals surface area (Å²) in [5.74, 6) is 0. The number of benzene rings is 1. The summed E-state index contributed by atoms with van der Waals surface area (Å²) < 4.78 is 0. The summed E-state index contributed by atoms with van der Waals surface area (Å²) >= 11 is 12.0. The zero-order chi connectivity index (χ0) is 13.4. The molecule has 0 radical (unpaired) electrons. The minimum atomic E-state index is 0.188. The van der Waals surface area contributed by atoms with E-state index in [9.17, 15) is 0 Å². The lowest BCUT2D eigenvalue weighted by Crippen LogP contribution is -2.40. The minimum Gasteiger partial charge on any atom is -0.312 e. The molecule has 1 fully saturated rings. The van der Waals surface area contributed by atoms with Crippen LogP contribution in [0.3, 0.4) is 0 Å². The molecule has 1 aromatic rings. The summed E-state index contributed by atoms with van der Waals surface area (Å²) in [6.45, 7) is 7.71. The lowest BCUT2D eigenvalue weighted by atomic mass is 9.95. The van der Waals surface area contributed by atoms with Crippen LogP contribution in [0.1, 0.15) is 39.2 Å². The highest BCUT2D eigenvalue weighted by atomic mass is 35.5. The fourth-order valence-corrected chi connectivity index (χ4v) is 2.45. The van der Waals surface area contributed by atoms with Crippen molar-refractivity contribution < 1.29 is 0 Å². The molecule has 100 valence electrons. The summed E-state index contributed by atoms with van der Waals surface area (Å²) in [5, 5.41) is 4.91. The van der Waals surface area contributed by atoms with E-state index in [0.717, 1.165) is 13.0 Å². The van der Waals surface area contributed by atoms with Crippen molar-refractivity contribution in [1.29, 1.82) is 0 Å². The predicted molar refractivity (Wildman–Crippen MR) is 79.6 cm³/mol. The molecule has 0 atom stereocenters. The van der Waals surface area contributed by atoms with Crippen LogP contribution in [0, 0.1) is 5.41 Å². The molecular formula is C15H21Cl2N. The van der Waals surface area contributed by atoms with Gasteiger partial charge in [-0.25, -0.2) is 0 Å². The second-order valence-corrected chi connectivity index (χ2v) is 7.34. The van der Waals surface area contributed by atoms with Gasteiger partial charge in [-0.1, -0.05) is 29.3 Å². The third kappa shape index (κ3) is 3.88. The molecular weight excluding hydrogens is 265 g/mol. The maximum Gasteiger partial charge on any atom is 0.0595 e. The van der Waals surface area contributed by atoms with Crippen molar-refractivity contribution in [2.24, 2.45) is 5.41 Å². The number of nitrogens with one attached hydrogen (secondary N) is 1. The Morgan fingerprint density at radius 3 is 2.33 bits per heavy atom. The van der Waals surface area contributed by atoms with Crippen LogP contribution in [0.4, 0.5) is 0 Å². The van der Waals surface area contributed by atoms with Gasteiger partial charge in [-0.3, -0.25) is 0 Å². The summed E-state index contributed by atoms with van der Waals surface area (Å²) in [4.78, 5) is 0. The first-order valence-electron chi connectivity index (χ1n) is 6.49. The first-order chi connectivity index (χ1) is 8.30. The van der Waals surface area contributed by atoms with E-state index in [1.165, 1.54) is 18.4 Å². The van der Waals surface area contributed by atoms with Gasteiger partial charge in [-0.2, -0.15) is 0 Å². The van der Waals surface area contributed by atoms with Gasteiger partial charge >= 0.3 is 0 Å². The van der Waals surface area contributed by atoms with Crippen molar-refractivity contribution in [3.63, 3.8) is 0 Å². The molecule has 0 spiro atoms. The Kier molecular flexibility index (Phi) is 3.96. The third-order valence-electron chi connectivity index (χ3n) is 3.51. The van der Waals surface area contributed by atoms with E-state index < -0.39 is 0 Å². The second kappa shape index (κ2) is 5.03. The van der Waals surface area contributed by atoms with Crippen LogP contribution >= 0.6 is 23.2 Å². The second-order valence-electron chi connectivity index (χ2n) is 6.53. The molecule has 0 saturated heterocycles. The van der Waals surface area contributed by atoms with Gasteiger partial charge in [0.2, 0.25) is 0 Å². The molecule has 1 N–H and O–H groups in total. The molecule has 18 heavy (non-hydrogen) atoms. The monoisotopic (exact) mass is 285 g/mol. The fourth-order valence-electron chi connectivity index (χ4n) is 2.13. The fraction of sp³-hybridized carbons (Fsp3) is 0.600. The Bertz CT molecular complexity index is 431. The molecule has 0 amide bonds. The maximum atomic E-state index is 6.07. The molecule has 0 unspecified atom stereocenters. The van der Waals surface area contributed by atoms with E-state index in [2.05, 4.69) is 32.2 Å². The van der Waals surface area contributed by atoms with Gasteiger partial charge in [-0.05, 0) is 63.1 Å². The van der Waals surface area contributed by atoms with Gasteiger partial charge < -0.3 is 5.32 Å². The molecule has 0 heterocycles. The summed E-state index contributed by atoms with van der Waals surface area (Å²) in [6.07, 6.45) is 3.69. The standard InChI is InChI=1S/C15H21Cl2N/c1-14(2,3)18-10-15(6-7-15)9-11-4-5-12(16)13(17)8-11/h4-5,8,18H,6-7,9-10H2,1-3H3. The average Bonchev–Trinajstić information content (AvgIpc) is 3.01. The largest absolute Gasteiger partial charge is 0.312 e. The van der Waals surface area contributed by atoms with Crippen molar-refractivity contribution >= 4 is 23.2 Å². The molecule has 1 aromatic carbocycles. The smallest absolute Gasteiger partial charge is 0.0595 e. The van der Waals surface area contributed by atoms with Crippen molar-refractivity contribution in [3.05, 3.63) is 33.8 Å². The first kappa shape index (κ1) is 14.2. The zero-order valence-corrected chi connectivity index (χ0v) is 12.8. The van der Waals surface area contributed by atoms with Crippen LogP contribution in [0.5, 0.6) is 0 Å². The Morgan fingerprint density at radius 1 is 1.17 bits per heavy atom. The highest BCUT2D eigenvalue weighted by Gasteiger charge is 2.42. The van der Waals surface area contributed by atoms with E-state index in [1.54, 1.807) is 0 Å². The molecule has 1 nitrogen and oxygen atoms in total. The molecule has 0 aromatic heterocycles. The van der Waals surface area contributed by atoms with E-state index >= 15 is 0 Å². The molecule has 1 aliphatic rings. The minimum absolute atomic E-state index is 0.188. The van der Waals surface area contributed by atoms with Gasteiger partial charge in [0.25, 0.3) is 0 Å². The molecule has 0 aliphatic heterocycles. The summed E-state index contributed by atoms with van der Waals surface area (Å²) in [5.41, 5.74) is 1.91. The number of halogens is 2. The number of hydrogen-bond acceptors (Lipinski definition) is 1. The quantitative estimate of drug-likeness (QED) is 0.845. The van der Waals surface area contributed by atoms with E-state index in [0.29, 0.717) is 15.5 Å². The van der Waals surface area contributed by atoms with Gasteiger partial charge in [0, 0.05) is 12.1 Å². The molecule has 3 heteroatoms. The third-order valence-corrected chi connectivity index (χ3v) is 4.25. The van der Waals surface area contributed by atoms with E-state index in [4.69, 9.17) is 23.2 Å². The lowest BCUT2D eigenvalue weighted by Gasteiger charge is -2.25. The average molecular weight is 286 g/mol. The highest BCUT2D eigenvalue weighted by molar-refractivity contribution is 6.42. The summed E-state index contributed by atoms with van der Waals surface area (Å²) in [6, 6.07) is 5.99. The van der Waals surface area contributed by atoms with Crippen molar-refractivity contribution in [2.45, 2.75) is 45.6 Å². The topological polar surface area (TPSA) is 12.0 Å². The van der Waals surface area contributed by atoms with Crippen LogP contribution in [-0.2, 0) is 6.42 Å². The molecule has 2 rings (SSSR count). The van der Waals surface area contributed by atoms with Crippen molar-refractivity contribution in [1.82, 2.24) is 5.32 Å². The Hall–Kier alpha value is -0.240. The van der Waals surface area contributed by atoms with Crippen LogP contribution < -0.4 is 5.32 Å². The lowest BCUT2D eigenvalue weighted by molar-refractivity contribution is 0.356. The Balaban J connectivity index is 1.98. The van der Waals surface area contributed by atoms with Gasteiger partial charge in [0.15, 0.2) is 0 Å². The first-order valence-corrected chi connectivity index (χ1v) is 7.24. The Labute approximate surface area is 120 Å². The van der Waals surface area contributed by atoms with Crippen LogP contribution in [0.15, 0.2) is 18.2 Å². The molecule has 1 saturated carbocycles. The van der Waals surface area contributed by atoms with Gasteiger partial charge in [-0.15, -0.1) is 0 Å². The molecule has 1 aliphatic carbocycles. The Morgan fingerprint density at radius 2 is 1.83 bits per heavy atom.